The van der Waals surface area contributed by atoms with E-state index < -0.39 is 11.1 Å². The van der Waals surface area contributed by atoms with Crippen molar-refractivity contribution in [3.63, 3.8) is 0 Å². The Morgan fingerprint density at radius 2 is 2.00 bits per heavy atom. The quantitative estimate of drug-likeness (QED) is 0.717. The van der Waals surface area contributed by atoms with Gasteiger partial charge in [-0.05, 0) is 24.8 Å². The highest BCUT2D eigenvalue weighted by Crippen LogP contribution is 2.38. The Bertz CT molecular complexity index is 182. The number of rotatable bonds is 2. The van der Waals surface area contributed by atoms with Gasteiger partial charge in [0.25, 0.3) is 0 Å². The van der Waals surface area contributed by atoms with Crippen LogP contribution in [-0.4, -0.2) is 24.8 Å². The molecule has 0 spiro atoms. The van der Waals surface area contributed by atoms with Gasteiger partial charge in [0, 0.05) is 12.6 Å². The summed E-state index contributed by atoms with van der Waals surface area (Å²) in [7, 11) is 0. The van der Waals surface area contributed by atoms with E-state index in [9.17, 15) is 4.39 Å². The molecule has 0 bridgehead atoms. The normalized spacial score (nSPS) is 28.5. The zero-order valence-electron chi connectivity index (χ0n) is 9.57. The van der Waals surface area contributed by atoms with Crippen LogP contribution >= 0.6 is 0 Å². The van der Waals surface area contributed by atoms with E-state index >= 15 is 0 Å². The van der Waals surface area contributed by atoms with E-state index in [1.807, 2.05) is 20.8 Å². The highest BCUT2D eigenvalue weighted by atomic mass is 19.1. The molecule has 3 N–H and O–H groups in total. The summed E-state index contributed by atoms with van der Waals surface area (Å²) in [6.07, 6.45) is 3.17. The molecule has 0 aliphatic carbocycles. The number of hydrogen-bond acceptors (Lipinski definition) is 2. The third kappa shape index (κ3) is 2.09. The van der Waals surface area contributed by atoms with Gasteiger partial charge in [-0.15, -0.1) is 0 Å². The Labute approximate surface area is 86.4 Å². The summed E-state index contributed by atoms with van der Waals surface area (Å²) in [5.41, 5.74) is 3.93. The molecule has 1 aliphatic rings. The van der Waals surface area contributed by atoms with Crippen LogP contribution in [0.4, 0.5) is 4.39 Å². The Kier molecular flexibility index (Phi) is 3.53. The number of hydrogen-bond donors (Lipinski definition) is 2. The maximum absolute atomic E-state index is 14.7. The van der Waals surface area contributed by atoms with Gasteiger partial charge in [0.15, 0.2) is 0 Å². The highest BCUT2D eigenvalue weighted by Gasteiger charge is 2.47. The van der Waals surface area contributed by atoms with Gasteiger partial charge in [-0.2, -0.15) is 0 Å². The molecule has 0 radical (unpaired) electrons. The third-order valence-electron chi connectivity index (χ3n) is 3.41. The second-order valence-corrected chi connectivity index (χ2v) is 5.32. The van der Waals surface area contributed by atoms with Crippen LogP contribution in [-0.2, 0) is 0 Å². The molecule has 1 fully saturated rings. The van der Waals surface area contributed by atoms with Crippen molar-refractivity contribution >= 4 is 0 Å². The molecule has 14 heavy (non-hydrogen) atoms. The van der Waals surface area contributed by atoms with Gasteiger partial charge in [0.05, 0.1) is 0 Å². The van der Waals surface area contributed by atoms with Crippen LogP contribution < -0.4 is 11.1 Å². The Morgan fingerprint density at radius 3 is 2.36 bits per heavy atom. The minimum absolute atomic E-state index is 0.0683. The molecular weight excluding hydrogens is 179 g/mol. The monoisotopic (exact) mass is 202 g/mol. The fourth-order valence-corrected chi connectivity index (χ4v) is 2.21. The third-order valence-corrected chi connectivity index (χ3v) is 3.41. The summed E-state index contributed by atoms with van der Waals surface area (Å²) >= 11 is 0. The maximum Gasteiger partial charge on any atom is 0.143 e. The number of alkyl halides is 1. The number of halogens is 1. The molecule has 0 aromatic rings. The molecule has 0 saturated carbocycles. The van der Waals surface area contributed by atoms with Crippen LogP contribution in [0.2, 0.25) is 0 Å². The summed E-state index contributed by atoms with van der Waals surface area (Å²) < 4.78 is 14.7. The fraction of sp³-hybridized carbons (Fsp3) is 1.00. The number of nitrogens with one attached hydrogen (secondary N) is 1. The number of nitrogens with two attached hydrogens (primary N) is 1. The second-order valence-electron chi connectivity index (χ2n) is 5.32. The molecule has 3 heteroatoms. The lowest BCUT2D eigenvalue weighted by atomic mass is 9.71. The average molecular weight is 202 g/mol. The summed E-state index contributed by atoms with van der Waals surface area (Å²) in [6, 6.07) is -0.0683. The minimum Gasteiger partial charge on any atom is -0.327 e. The van der Waals surface area contributed by atoms with Crippen molar-refractivity contribution in [2.24, 2.45) is 11.1 Å². The summed E-state index contributed by atoms with van der Waals surface area (Å²) in [5, 5.41) is 3.26. The van der Waals surface area contributed by atoms with E-state index in [-0.39, 0.29) is 12.6 Å². The van der Waals surface area contributed by atoms with Crippen molar-refractivity contribution in [3.8, 4) is 0 Å². The molecular formula is C11H23FN2. The molecule has 1 saturated heterocycles. The molecule has 84 valence electrons. The molecule has 0 amide bonds. The topological polar surface area (TPSA) is 38.0 Å². The second kappa shape index (κ2) is 4.15. The molecule has 2 atom stereocenters. The van der Waals surface area contributed by atoms with Crippen molar-refractivity contribution in [2.75, 3.05) is 13.1 Å². The van der Waals surface area contributed by atoms with Crippen LogP contribution in [0.25, 0.3) is 0 Å². The molecule has 0 aromatic heterocycles. The van der Waals surface area contributed by atoms with Crippen LogP contribution in [0.15, 0.2) is 0 Å². The van der Waals surface area contributed by atoms with E-state index in [2.05, 4.69) is 5.32 Å². The number of piperidine rings is 1. The van der Waals surface area contributed by atoms with Crippen LogP contribution in [0.1, 0.15) is 40.0 Å². The largest absolute Gasteiger partial charge is 0.327 e. The Morgan fingerprint density at radius 1 is 1.36 bits per heavy atom. The van der Waals surface area contributed by atoms with Crippen molar-refractivity contribution in [3.05, 3.63) is 0 Å². The van der Waals surface area contributed by atoms with Gasteiger partial charge in [-0.3, -0.25) is 0 Å². The Hall–Kier alpha value is -0.150. The van der Waals surface area contributed by atoms with Gasteiger partial charge in [-0.25, -0.2) is 4.39 Å². The van der Waals surface area contributed by atoms with E-state index in [1.165, 1.54) is 0 Å². The van der Waals surface area contributed by atoms with Gasteiger partial charge in [-0.1, -0.05) is 27.2 Å². The lowest BCUT2D eigenvalue weighted by Crippen LogP contribution is -2.60. The van der Waals surface area contributed by atoms with E-state index in [0.717, 1.165) is 25.8 Å². The van der Waals surface area contributed by atoms with Crippen LogP contribution in [0.5, 0.6) is 0 Å². The fourth-order valence-electron chi connectivity index (χ4n) is 2.21. The predicted molar refractivity (Wildman–Crippen MR) is 58.0 cm³/mol. The smallest absolute Gasteiger partial charge is 0.143 e. The SMILES string of the molecule is CC(C)(C)C(F)(CN)C1CCCCN1. The zero-order valence-corrected chi connectivity index (χ0v) is 9.57. The first-order chi connectivity index (χ1) is 6.42. The van der Waals surface area contributed by atoms with Gasteiger partial charge in [0.2, 0.25) is 0 Å². The lowest BCUT2D eigenvalue weighted by Gasteiger charge is -2.44. The standard InChI is InChI=1S/C11H23FN2/c1-10(2,3)11(12,8-13)9-6-4-5-7-14-9/h9,14H,4-8,13H2,1-3H3. The van der Waals surface area contributed by atoms with E-state index in [1.54, 1.807) is 0 Å². The molecule has 2 nitrogen and oxygen atoms in total. The van der Waals surface area contributed by atoms with E-state index in [0.29, 0.717) is 0 Å². The van der Waals surface area contributed by atoms with Gasteiger partial charge < -0.3 is 11.1 Å². The average Bonchev–Trinajstić information content (AvgIpc) is 2.16. The van der Waals surface area contributed by atoms with Crippen molar-refractivity contribution in [1.82, 2.24) is 5.32 Å². The minimum atomic E-state index is -1.28. The maximum atomic E-state index is 14.7. The van der Waals surface area contributed by atoms with Gasteiger partial charge in [0.1, 0.15) is 5.67 Å². The molecule has 2 unspecified atom stereocenters. The molecule has 1 heterocycles. The summed E-state index contributed by atoms with van der Waals surface area (Å²) in [4.78, 5) is 0. The first-order valence-electron chi connectivity index (χ1n) is 5.54. The highest BCUT2D eigenvalue weighted by molar-refractivity contribution is 5.02. The van der Waals surface area contributed by atoms with Gasteiger partial charge >= 0.3 is 0 Å². The lowest BCUT2D eigenvalue weighted by molar-refractivity contribution is -0.00858. The molecule has 1 aliphatic heterocycles. The first kappa shape index (κ1) is 11.9. The molecule has 0 aromatic carbocycles. The molecule has 1 rings (SSSR count). The summed E-state index contributed by atoms with van der Waals surface area (Å²) in [6.45, 7) is 6.81. The van der Waals surface area contributed by atoms with E-state index in [4.69, 9.17) is 5.73 Å². The van der Waals surface area contributed by atoms with Crippen molar-refractivity contribution in [1.29, 1.82) is 0 Å². The predicted octanol–water partition coefficient (Wildman–Crippen LogP) is 1.84. The van der Waals surface area contributed by atoms with Crippen molar-refractivity contribution < 1.29 is 4.39 Å². The van der Waals surface area contributed by atoms with Crippen molar-refractivity contribution in [2.45, 2.75) is 51.7 Å². The van der Waals surface area contributed by atoms with Crippen LogP contribution in [0.3, 0.4) is 0 Å². The van der Waals surface area contributed by atoms with Crippen LogP contribution in [0, 0.1) is 5.41 Å². The summed E-state index contributed by atoms with van der Waals surface area (Å²) in [5.74, 6) is 0. The first-order valence-corrected chi connectivity index (χ1v) is 5.54. The Balaban J connectivity index is 2.77. The zero-order chi connectivity index (χ0) is 10.8.